The van der Waals surface area contributed by atoms with Crippen molar-refractivity contribution in [2.45, 2.75) is 31.3 Å². The molecule has 6 nitrogen and oxygen atoms in total. The van der Waals surface area contributed by atoms with Crippen molar-refractivity contribution in [3.8, 4) is 0 Å². The highest BCUT2D eigenvalue weighted by Crippen LogP contribution is 2.23. The molecule has 1 aliphatic rings. The van der Waals surface area contributed by atoms with Gasteiger partial charge in [0.05, 0.1) is 4.90 Å². The first kappa shape index (κ1) is 19.4. The molecular formula is C19H20ClN3O3S. The van der Waals surface area contributed by atoms with Crippen LogP contribution < -0.4 is 10.0 Å². The predicted octanol–water partition coefficient (Wildman–Crippen LogP) is 2.72. The summed E-state index contributed by atoms with van der Waals surface area (Å²) in [5.74, 6) is -0.223. The molecule has 1 amide bonds. The number of hydrogen-bond acceptors (Lipinski definition) is 4. The summed E-state index contributed by atoms with van der Waals surface area (Å²) in [7, 11) is -3.64. The summed E-state index contributed by atoms with van der Waals surface area (Å²) in [4.78, 5) is 17.3. The number of halogens is 1. The lowest BCUT2D eigenvalue weighted by Crippen LogP contribution is -2.38. The first-order valence-corrected chi connectivity index (χ1v) is 10.4. The monoisotopic (exact) mass is 405 g/mol. The van der Waals surface area contributed by atoms with Crippen LogP contribution in [0.25, 0.3) is 0 Å². The third-order valence-electron chi connectivity index (χ3n) is 4.24. The van der Waals surface area contributed by atoms with E-state index in [-0.39, 0.29) is 29.1 Å². The molecule has 0 saturated heterocycles. The number of carbonyl (C=O) groups excluding carboxylic acids is 1. The third-order valence-corrected chi connectivity index (χ3v) is 6.01. The molecule has 1 heterocycles. The highest BCUT2D eigenvalue weighted by Gasteiger charge is 2.32. The van der Waals surface area contributed by atoms with E-state index in [9.17, 15) is 13.2 Å². The molecule has 0 aromatic heterocycles. The van der Waals surface area contributed by atoms with Crippen LogP contribution in [0.1, 0.15) is 25.0 Å². The molecule has 1 aliphatic heterocycles. The fourth-order valence-electron chi connectivity index (χ4n) is 2.81. The predicted molar refractivity (Wildman–Crippen MR) is 105 cm³/mol. The van der Waals surface area contributed by atoms with E-state index in [2.05, 4.69) is 15.0 Å². The Morgan fingerprint density at radius 3 is 2.52 bits per heavy atom. The lowest BCUT2D eigenvalue weighted by atomic mass is 10.0. The molecule has 0 radical (unpaired) electrons. The normalized spacial score (nSPS) is 17.4. The smallest absolute Gasteiger partial charge is 0.263 e. The van der Waals surface area contributed by atoms with Crippen LogP contribution >= 0.6 is 11.6 Å². The van der Waals surface area contributed by atoms with E-state index >= 15 is 0 Å². The molecule has 0 aliphatic carbocycles. The standard InChI is InChI=1S/C19H20ClN3O3S/c1-12(2)17(19(24)21-11-13-7-3-5-9-15(13)20)22-18-14-8-4-6-10-16(14)27(25,26)23-18/h3-10,12,17H,11H2,1-2H3,(H,21,24)(H,22,23)/t17-/m1/s1. The van der Waals surface area contributed by atoms with Gasteiger partial charge in [-0.15, -0.1) is 0 Å². The Morgan fingerprint density at radius 1 is 1.15 bits per heavy atom. The maximum absolute atomic E-state index is 12.7. The molecule has 0 fully saturated rings. The van der Waals surface area contributed by atoms with Crippen LogP contribution in [0.3, 0.4) is 0 Å². The van der Waals surface area contributed by atoms with Gasteiger partial charge in [0.25, 0.3) is 10.0 Å². The van der Waals surface area contributed by atoms with E-state index in [4.69, 9.17) is 11.6 Å². The van der Waals surface area contributed by atoms with Gasteiger partial charge in [0, 0.05) is 17.1 Å². The number of fused-ring (bicyclic) bond motifs is 1. The van der Waals surface area contributed by atoms with Crippen molar-refractivity contribution < 1.29 is 13.2 Å². The van der Waals surface area contributed by atoms with Crippen molar-refractivity contribution in [3.05, 3.63) is 64.7 Å². The van der Waals surface area contributed by atoms with Crippen molar-refractivity contribution in [3.63, 3.8) is 0 Å². The first-order valence-electron chi connectivity index (χ1n) is 8.51. The molecule has 2 N–H and O–H groups in total. The van der Waals surface area contributed by atoms with E-state index in [0.717, 1.165) is 5.56 Å². The van der Waals surface area contributed by atoms with Crippen molar-refractivity contribution in [2.75, 3.05) is 0 Å². The molecule has 0 bridgehead atoms. The minimum Gasteiger partial charge on any atom is -0.350 e. The third kappa shape index (κ3) is 4.14. The number of rotatable bonds is 5. The van der Waals surface area contributed by atoms with Crippen molar-refractivity contribution in [2.24, 2.45) is 10.9 Å². The van der Waals surface area contributed by atoms with Crippen LogP contribution in [0.2, 0.25) is 5.02 Å². The zero-order valence-corrected chi connectivity index (χ0v) is 16.5. The van der Waals surface area contributed by atoms with Gasteiger partial charge in [-0.05, 0) is 29.7 Å². The van der Waals surface area contributed by atoms with E-state index in [1.165, 1.54) is 6.07 Å². The average Bonchev–Trinajstić information content (AvgIpc) is 2.89. The van der Waals surface area contributed by atoms with Crippen molar-refractivity contribution >= 4 is 33.4 Å². The quantitative estimate of drug-likeness (QED) is 0.801. The van der Waals surface area contributed by atoms with Crippen LogP contribution in [0.4, 0.5) is 0 Å². The summed E-state index contributed by atoms with van der Waals surface area (Å²) in [5, 5.41) is 3.40. The van der Waals surface area contributed by atoms with E-state index < -0.39 is 16.1 Å². The molecule has 0 spiro atoms. The number of nitrogens with zero attached hydrogens (tertiary/aromatic N) is 1. The van der Waals surface area contributed by atoms with Crippen LogP contribution in [0, 0.1) is 5.92 Å². The summed E-state index contributed by atoms with van der Waals surface area (Å²) in [6.45, 7) is 3.99. The number of amidine groups is 1. The molecule has 27 heavy (non-hydrogen) atoms. The molecule has 142 valence electrons. The summed E-state index contributed by atoms with van der Waals surface area (Å²) in [5.41, 5.74) is 1.27. The molecule has 1 atom stereocenters. The number of amides is 1. The van der Waals surface area contributed by atoms with Crippen LogP contribution in [-0.4, -0.2) is 26.2 Å². The molecule has 8 heteroatoms. The van der Waals surface area contributed by atoms with Gasteiger partial charge in [-0.1, -0.05) is 55.8 Å². The summed E-state index contributed by atoms with van der Waals surface area (Å²) in [6, 6.07) is 13.1. The number of nitrogens with one attached hydrogen (secondary N) is 2. The highest BCUT2D eigenvalue weighted by molar-refractivity contribution is 7.90. The van der Waals surface area contributed by atoms with E-state index in [1.54, 1.807) is 24.3 Å². The van der Waals surface area contributed by atoms with Gasteiger partial charge in [0.2, 0.25) is 5.91 Å². The summed E-state index contributed by atoms with van der Waals surface area (Å²) in [6.07, 6.45) is 0. The second-order valence-electron chi connectivity index (χ2n) is 6.58. The lowest BCUT2D eigenvalue weighted by Gasteiger charge is -2.17. The Bertz CT molecular complexity index is 1000. The first-order chi connectivity index (χ1) is 12.8. The highest BCUT2D eigenvalue weighted by atomic mass is 35.5. The van der Waals surface area contributed by atoms with Crippen LogP contribution in [0.15, 0.2) is 58.4 Å². The SMILES string of the molecule is CC(C)[C@@H](N=C1NS(=O)(=O)c2ccccc21)C(=O)NCc1ccccc1Cl. The van der Waals surface area contributed by atoms with Gasteiger partial charge in [-0.3, -0.25) is 14.5 Å². The second-order valence-corrected chi connectivity index (χ2v) is 8.64. The van der Waals surface area contributed by atoms with Gasteiger partial charge in [0.1, 0.15) is 11.9 Å². The summed E-state index contributed by atoms with van der Waals surface area (Å²) < 4.78 is 26.9. The largest absolute Gasteiger partial charge is 0.350 e. The molecular weight excluding hydrogens is 386 g/mol. The number of carbonyl (C=O) groups is 1. The van der Waals surface area contributed by atoms with E-state index in [0.29, 0.717) is 10.6 Å². The minimum absolute atomic E-state index is 0.124. The van der Waals surface area contributed by atoms with E-state index in [1.807, 2.05) is 32.0 Å². The molecule has 0 saturated carbocycles. The van der Waals surface area contributed by atoms with Crippen LogP contribution in [0.5, 0.6) is 0 Å². The zero-order chi connectivity index (χ0) is 19.6. The fourth-order valence-corrected chi connectivity index (χ4v) is 4.25. The number of hydrogen-bond donors (Lipinski definition) is 2. The molecule has 3 rings (SSSR count). The Kier molecular flexibility index (Phi) is 5.53. The number of sulfonamides is 1. The van der Waals surface area contributed by atoms with Gasteiger partial charge < -0.3 is 5.32 Å². The maximum Gasteiger partial charge on any atom is 0.263 e. The Hall–Kier alpha value is -2.38. The fraction of sp³-hybridized carbons (Fsp3) is 0.263. The molecule has 2 aromatic rings. The Balaban J connectivity index is 1.83. The topological polar surface area (TPSA) is 87.6 Å². The Morgan fingerprint density at radius 2 is 1.81 bits per heavy atom. The van der Waals surface area contributed by atoms with Gasteiger partial charge >= 0.3 is 0 Å². The minimum atomic E-state index is -3.64. The van der Waals surface area contributed by atoms with Crippen molar-refractivity contribution in [1.29, 1.82) is 0 Å². The molecule has 2 aromatic carbocycles. The Labute approximate surface area is 163 Å². The zero-order valence-electron chi connectivity index (χ0n) is 14.9. The van der Waals surface area contributed by atoms with Gasteiger partial charge in [0.15, 0.2) is 0 Å². The molecule has 0 unspecified atom stereocenters. The second kappa shape index (κ2) is 7.70. The number of aliphatic imine (C=N–C) groups is 1. The lowest BCUT2D eigenvalue weighted by molar-refractivity contribution is -0.123. The van der Waals surface area contributed by atoms with Gasteiger partial charge in [-0.25, -0.2) is 8.42 Å². The van der Waals surface area contributed by atoms with Gasteiger partial charge in [-0.2, -0.15) is 0 Å². The maximum atomic E-state index is 12.7. The number of benzene rings is 2. The van der Waals surface area contributed by atoms with Crippen molar-refractivity contribution in [1.82, 2.24) is 10.0 Å². The average molecular weight is 406 g/mol. The summed E-state index contributed by atoms with van der Waals surface area (Å²) >= 11 is 6.12. The van der Waals surface area contributed by atoms with Crippen LogP contribution in [-0.2, 0) is 21.4 Å².